The molecule has 0 aliphatic rings. The fourth-order valence-electron chi connectivity index (χ4n) is 3.44. The zero-order chi connectivity index (χ0) is 21.4. The van der Waals surface area contributed by atoms with Gasteiger partial charge in [0.25, 0.3) is 5.91 Å². The lowest BCUT2D eigenvalue weighted by Crippen LogP contribution is -2.34. The van der Waals surface area contributed by atoms with Crippen molar-refractivity contribution < 1.29 is 9.59 Å². The van der Waals surface area contributed by atoms with Crippen LogP contribution in [0.5, 0.6) is 0 Å². The first-order chi connectivity index (χ1) is 14.7. The predicted molar refractivity (Wildman–Crippen MR) is 125 cm³/mol. The molecule has 5 nitrogen and oxygen atoms in total. The van der Waals surface area contributed by atoms with E-state index in [1.54, 1.807) is 6.21 Å². The lowest BCUT2D eigenvalue weighted by atomic mass is 10.1. The second kappa shape index (κ2) is 14.3. The quantitative estimate of drug-likeness (QED) is 0.252. The van der Waals surface area contributed by atoms with E-state index in [1.165, 1.54) is 44.9 Å². The molecule has 5 heteroatoms. The third-order valence-corrected chi connectivity index (χ3v) is 5.17. The number of carbonyl (C=O) groups excluding carboxylic acids is 2. The van der Waals surface area contributed by atoms with Crippen LogP contribution in [0.3, 0.4) is 0 Å². The fraction of sp³-hybridized carbons (Fsp3) is 0.480. The number of unbranched alkanes of at least 4 members (excludes halogenated alkanes) is 8. The molecule has 0 spiro atoms. The zero-order valence-electron chi connectivity index (χ0n) is 18.2. The lowest BCUT2D eigenvalue weighted by molar-refractivity contribution is -0.126. The molecule has 30 heavy (non-hydrogen) atoms. The van der Waals surface area contributed by atoms with Gasteiger partial charge >= 0.3 is 0 Å². The summed E-state index contributed by atoms with van der Waals surface area (Å²) in [7, 11) is 0. The largest absolute Gasteiger partial charge is 0.347 e. The van der Waals surface area contributed by atoms with Crippen molar-refractivity contribution in [1.82, 2.24) is 10.7 Å². The van der Waals surface area contributed by atoms with E-state index in [1.807, 2.05) is 42.5 Å². The highest BCUT2D eigenvalue weighted by molar-refractivity contribution is 6.00. The molecule has 0 fully saturated rings. The Morgan fingerprint density at radius 2 is 1.50 bits per heavy atom. The Morgan fingerprint density at radius 3 is 2.27 bits per heavy atom. The van der Waals surface area contributed by atoms with Gasteiger partial charge in [0.1, 0.15) is 0 Å². The minimum Gasteiger partial charge on any atom is -0.347 e. The van der Waals surface area contributed by atoms with Gasteiger partial charge in [0.2, 0.25) is 5.91 Å². The highest BCUT2D eigenvalue weighted by atomic mass is 16.2. The molecule has 2 amide bonds. The van der Waals surface area contributed by atoms with E-state index in [2.05, 4.69) is 22.8 Å². The van der Waals surface area contributed by atoms with E-state index in [4.69, 9.17) is 0 Å². The van der Waals surface area contributed by atoms with Crippen molar-refractivity contribution in [3.8, 4) is 0 Å². The minimum absolute atomic E-state index is 0.0524. The predicted octanol–water partition coefficient (Wildman–Crippen LogP) is 5.33. The van der Waals surface area contributed by atoms with Crippen molar-refractivity contribution in [2.75, 3.05) is 6.54 Å². The van der Waals surface area contributed by atoms with Gasteiger partial charge in [-0.15, -0.1) is 0 Å². The van der Waals surface area contributed by atoms with Gasteiger partial charge in [-0.05, 0) is 17.2 Å². The van der Waals surface area contributed by atoms with Crippen LogP contribution in [0.1, 0.15) is 76.7 Å². The van der Waals surface area contributed by atoms with Crippen LogP contribution in [0.15, 0.2) is 47.6 Å². The van der Waals surface area contributed by atoms with Gasteiger partial charge in [0.05, 0.1) is 12.8 Å². The van der Waals surface area contributed by atoms with Crippen LogP contribution in [0.25, 0.3) is 10.8 Å². The van der Waals surface area contributed by atoms with Crippen molar-refractivity contribution >= 4 is 28.8 Å². The van der Waals surface area contributed by atoms with Crippen LogP contribution in [0, 0.1) is 0 Å². The Bertz CT molecular complexity index is 812. The van der Waals surface area contributed by atoms with Crippen LogP contribution >= 0.6 is 0 Å². The Kier molecular flexibility index (Phi) is 11.3. The summed E-state index contributed by atoms with van der Waals surface area (Å²) in [5.74, 6) is -0.405. The standard InChI is InChI=1S/C25H35N3O2/c1-2-3-4-5-6-7-8-9-10-18-24(29)26-20-25(30)28-27-19-22-16-13-15-21-14-11-12-17-23(21)22/h11-17,19H,2-10,18,20H2,1H3,(H,26,29)(H,28,30)/b27-19-. The molecule has 162 valence electrons. The normalized spacial score (nSPS) is 11.1. The number of nitrogens with one attached hydrogen (secondary N) is 2. The molecular weight excluding hydrogens is 374 g/mol. The molecule has 0 aliphatic heterocycles. The SMILES string of the molecule is CCCCCCCCCCCC(=O)NCC(=O)N/N=C\c1cccc2ccccc12. The molecule has 0 bridgehead atoms. The van der Waals surface area contributed by atoms with E-state index in [9.17, 15) is 9.59 Å². The zero-order valence-corrected chi connectivity index (χ0v) is 18.2. The fourth-order valence-corrected chi connectivity index (χ4v) is 3.44. The molecular formula is C25H35N3O2. The number of hydrogen-bond acceptors (Lipinski definition) is 3. The average molecular weight is 410 g/mol. The van der Waals surface area contributed by atoms with E-state index < -0.39 is 0 Å². The number of rotatable bonds is 14. The maximum atomic E-state index is 11.9. The summed E-state index contributed by atoms with van der Waals surface area (Å²) in [5, 5.41) is 8.88. The number of amides is 2. The number of hydrogen-bond donors (Lipinski definition) is 2. The van der Waals surface area contributed by atoms with Crippen LogP contribution in [0.4, 0.5) is 0 Å². The highest BCUT2D eigenvalue weighted by Crippen LogP contribution is 2.16. The van der Waals surface area contributed by atoms with Gasteiger partial charge in [0, 0.05) is 12.0 Å². The molecule has 0 radical (unpaired) electrons. The summed E-state index contributed by atoms with van der Waals surface area (Å²) >= 11 is 0. The summed E-state index contributed by atoms with van der Waals surface area (Å²) in [6.45, 7) is 2.18. The molecule has 2 aromatic rings. The molecule has 2 rings (SSSR count). The van der Waals surface area contributed by atoms with Crippen molar-refractivity contribution in [3.63, 3.8) is 0 Å². The van der Waals surface area contributed by atoms with Crippen LogP contribution in [-0.2, 0) is 9.59 Å². The average Bonchev–Trinajstić information content (AvgIpc) is 2.77. The Balaban J connectivity index is 1.56. The van der Waals surface area contributed by atoms with Crippen LogP contribution in [0.2, 0.25) is 0 Å². The Hall–Kier alpha value is -2.69. The molecule has 0 unspecified atom stereocenters. The molecule has 0 saturated heterocycles. The first kappa shape index (κ1) is 23.6. The smallest absolute Gasteiger partial charge is 0.259 e. The maximum absolute atomic E-state index is 11.9. The van der Waals surface area contributed by atoms with Gasteiger partial charge in [-0.25, -0.2) is 5.43 Å². The van der Waals surface area contributed by atoms with Crippen molar-refractivity contribution in [2.45, 2.75) is 71.1 Å². The minimum atomic E-state index is -0.327. The summed E-state index contributed by atoms with van der Waals surface area (Å²) in [5.41, 5.74) is 3.41. The van der Waals surface area contributed by atoms with Crippen LogP contribution in [-0.4, -0.2) is 24.6 Å². The monoisotopic (exact) mass is 409 g/mol. The third-order valence-electron chi connectivity index (χ3n) is 5.17. The molecule has 0 saturated carbocycles. The molecule has 0 aromatic heterocycles. The lowest BCUT2D eigenvalue weighted by Gasteiger charge is -2.05. The van der Waals surface area contributed by atoms with E-state index in [0.717, 1.165) is 29.2 Å². The number of fused-ring (bicyclic) bond motifs is 1. The van der Waals surface area contributed by atoms with E-state index in [-0.39, 0.29) is 18.4 Å². The summed E-state index contributed by atoms with van der Waals surface area (Å²) < 4.78 is 0. The molecule has 0 heterocycles. The number of nitrogens with zero attached hydrogens (tertiary/aromatic N) is 1. The van der Waals surface area contributed by atoms with Crippen molar-refractivity contribution in [2.24, 2.45) is 5.10 Å². The van der Waals surface area contributed by atoms with Crippen molar-refractivity contribution in [3.05, 3.63) is 48.0 Å². The van der Waals surface area contributed by atoms with Crippen LogP contribution < -0.4 is 10.7 Å². The van der Waals surface area contributed by atoms with Crippen molar-refractivity contribution in [1.29, 1.82) is 0 Å². The first-order valence-corrected chi connectivity index (χ1v) is 11.3. The molecule has 2 aromatic carbocycles. The molecule has 0 atom stereocenters. The summed E-state index contributed by atoms with van der Waals surface area (Å²) in [6, 6.07) is 14.0. The molecule has 2 N–H and O–H groups in total. The number of carbonyl (C=O) groups is 2. The van der Waals surface area contributed by atoms with E-state index in [0.29, 0.717) is 6.42 Å². The maximum Gasteiger partial charge on any atom is 0.259 e. The van der Waals surface area contributed by atoms with Gasteiger partial charge in [-0.2, -0.15) is 5.10 Å². The first-order valence-electron chi connectivity index (χ1n) is 11.3. The van der Waals surface area contributed by atoms with E-state index >= 15 is 0 Å². The Labute approximate surface area is 180 Å². The number of hydrazone groups is 1. The number of benzene rings is 2. The van der Waals surface area contributed by atoms with Gasteiger partial charge in [-0.3, -0.25) is 9.59 Å². The summed E-state index contributed by atoms with van der Waals surface area (Å²) in [6.07, 6.45) is 13.1. The second-order valence-corrected chi connectivity index (χ2v) is 7.72. The van der Waals surface area contributed by atoms with Gasteiger partial charge in [-0.1, -0.05) is 101 Å². The highest BCUT2D eigenvalue weighted by Gasteiger charge is 2.05. The Morgan fingerprint density at radius 1 is 0.833 bits per heavy atom. The van der Waals surface area contributed by atoms with Gasteiger partial charge in [0.15, 0.2) is 0 Å². The van der Waals surface area contributed by atoms with Gasteiger partial charge < -0.3 is 5.32 Å². The second-order valence-electron chi connectivity index (χ2n) is 7.72. The third kappa shape index (κ3) is 9.21. The molecule has 0 aliphatic carbocycles. The summed E-state index contributed by atoms with van der Waals surface area (Å²) in [4.78, 5) is 23.8. The topological polar surface area (TPSA) is 70.6 Å².